The summed E-state index contributed by atoms with van der Waals surface area (Å²) in [7, 11) is 0. The quantitative estimate of drug-likeness (QED) is 0.847. The van der Waals surface area contributed by atoms with Gasteiger partial charge in [0.1, 0.15) is 12.3 Å². The van der Waals surface area contributed by atoms with Crippen LogP contribution in [0.4, 0.5) is 11.4 Å². The molecule has 26 heavy (non-hydrogen) atoms. The van der Waals surface area contributed by atoms with E-state index in [-0.39, 0.29) is 18.4 Å². The lowest BCUT2D eigenvalue weighted by Crippen LogP contribution is -2.49. The normalized spacial score (nSPS) is 16.1. The van der Waals surface area contributed by atoms with E-state index in [2.05, 4.69) is 6.07 Å². The Hall–Kier alpha value is -2.82. The first-order chi connectivity index (χ1) is 12.4. The van der Waals surface area contributed by atoms with Crippen molar-refractivity contribution in [2.24, 2.45) is 0 Å². The van der Waals surface area contributed by atoms with Crippen molar-refractivity contribution in [2.45, 2.75) is 33.8 Å². The molecule has 1 unspecified atom stereocenters. The molecule has 0 fully saturated rings. The number of amides is 2. The maximum atomic E-state index is 13.0. The highest BCUT2D eigenvalue weighted by molar-refractivity contribution is 6.07. The number of anilines is 2. The van der Waals surface area contributed by atoms with Crippen LogP contribution in [0.15, 0.2) is 42.5 Å². The third-order valence-corrected chi connectivity index (χ3v) is 4.63. The maximum Gasteiger partial charge on any atom is 0.268 e. The predicted octanol–water partition coefficient (Wildman–Crippen LogP) is 3.47. The number of benzene rings is 2. The van der Waals surface area contributed by atoms with E-state index in [1.54, 1.807) is 17.9 Å². The summed E-state index contributed by atoms with van der Waals surface area (Å²) in [5.74, 6) is 0.312. The maximum absolute atomic E-state index is 13.0. The highest BCUT2D eigenvalue weighted by atomic mass is 16.5. The van der Waals surface area contributed by atoms with Crippen molar-refractivity contribution in [3.8, 4) is 5.75 Å². The fourth-order valence-electron chi connectivity index (χ4n) is 3.33. The number of rotatable bonds is 4. The topological polar surface area (TPSA) is 49.9 Å². The molecule has 0 saturated carbocycles. The van der Waals surface area contributed by atoms with Gasteiger partial charge in [-0.2, -0.15) is 0 Å². The summed E-state index contributed by atoms with van der Waals surface area (Å²) < 4.78 is 5.64. The van der Waals surface area contributed by atoms with Gasteiger partial charge in [-0.3, -0.25) is 14.5 Å². The highest BCUT2D eigenvalue weighted by Gasteiger charge is 2.33. The molecule has 2 aromatic carbocycles. The number of nitrogens with zero attached hydrogens (tertiary/aromatic N) is 2. The van der Waals surface area contributed by atoms with Crippen molar-refractivity contribution in [1.29, 1.82) is 0 Å². The number of carbonyl (C=O) groups excluding carboxylic acids is 2. The summed E-state index contributed by atoms with van der Waals surface area (Å²) in [6.07, 6.45) is -0.603. The largest absolute Gasteiger partial charge is 0.479 e. The van der Waals surface area contributed by atoms with Crippen LogP contribution in [0.5, 0.6) is 5.75 Å². The number of hydrogen-bond donors (Lipinski definition) is 0. The minimum Gasteiger partial charge on any atom is -0.479 e. The number of hydrogen-bond acceptors (Lipinski definition) is 3. The van der Waals surface area contributed by atoms with Crippen LogP contribution in [0.25, 0.3) is 0 Å². The summed E-state index contributed by atoms with van der Waals surface area (Å²) in [6.45, 7) is 8.20. The number of aryl methyl sites for hydroxylation is 2. The first-order valence-electron chi connectivity index (χ1n) is 8.87. The van der Waals surface area contributed by atoms with E-state index >= 15 is 0 Å². The number of fused-ring (bicyclic) bond motifs is 1. The van der Waals surface area contributed by atoms with Crippen LogP contribution >= 0.6 is 0 Å². The molecule has 0 saturated heterocycles. The SMILES string of the molecule is CCN(C(=O)CN1C(=O)C(C)Oc2ccccc21)c1ccc(C)cc1C. The Kier molecular flexibility index (Phi) is 4.98. The third kappa shape index (κ3) is 3.29. The Morgan fingerprint density at radius 3 is 2.62 bits per heavy atom. The van der Waals surface area contributed by atoms with E-state index in [1.165, 1.54) is 4.90 Å². The second kappa shape index (κ2) is 7.20. The Bertz CT molecular complexity index is 847. The number of carbonyl (C=O) groups is 2. The number of likely N-dealkylation sites (N-methyl/N-ethyl adjacent to an activating group) is 1. The zero-order chi connectivity index (χ0) is 18.8. The number of ether oxygens (including phenoxy) is 1. The molecule has 0 N–H and O–H groups in total. The minimum atomic E-state index is -0.603. The highest BCUT2D eigenvalue weighted by Crippen LogP contribution is 2.33. The monoisotopic (exact) mass is 352 g/mol. The fourth-order valence-corrected chi connectivity index (χ4v) is 3.33. The van der Waals surface area contributed by atoms with Crippen LogP contribution < -0.4 is 14.5 Å². The van der Waals surface area contributed by atoms with Crippen molar-refractivity contribution < 1.29 is 14.3 Å². The lowest BCUT2D eigenvalue weighted by atomic mass is 10.1. The smallest absolute Gasteiger partial charge is 0.268 e. The summed E-state index contributed by atoms with van der Waals surface area (Å²) >= 11 is 0. The zero-order valence-electron chi connectivity index (χ0n) is 15.7. The van der Waals surface area contributed by atoms with Gasteiger partial charge in [0.05, 0.1) is 5.69 Å². The second-order valence-corrected chi connectivity index (χ2v) is 6.58. The van der Waals surface area contributed by atoms with Gasteiger partial charge in [0, 0.05) is 12.2 Å². The lowest BCUT2D eigenvalue weighted by molar-refractivity contribution is -0.127. The zero-order valence-corrected chi connectivity index (χ0v) is 15.7. The van der Waals surface area contributed by atoms with E-state index in [0.29, 0.717) is 18.0 Å². The summed E-state index contributed by atoms with van der Waals surface area (Å²) in [6, 6.07) is 13.3. The van der Waals surface area contributed by atoms with E-state index in [0.717, 1.165) is 16.8 Å². The molecule has 0 radical (unpaired) electrons. The van der Waals surface area contributed by atoms with Gasteiger partial charge >= 0.3 is 0 Å². The molecule has 0 aliphatic carbocycles. The molecule has 1 heterocycles. The summed E-state index contributed by atoms with van der Waals surface area (Å²) in [5.41, 5.74) is 3.72. The first-order valence-corrected chi connectivity index (χ1v) is 8.87. The first kappa shape index (κ1) is 18.0. The summed E-state index contributed by atoms with van der Waals surface area (Å²) in [5, 5.41) is 0. The average Bonchev–Trinajstić information content (AvgIpc) is 2.61. The van der Waals surface area contributed by atoms with E-state index in [1.807, 2.05) is 51.1 Å². The van der Waals surface area contributed by atoms with Crippen LogP contribution in [0.3, 0.4) is 0 Å². The molecule has 3 rings (SSSR count). The molecule has 1 atom stereocenters. The molecule has 1 aliphatic heterocycles. The molecule has 2 amide bonds. The van der Waals surface area contributed by atoms with Crippen molar-refractivity contribution in [2.75, 3.05) is 22.9 Å². The van der Waals surface area contributed by atoms with E-state index in [9.17, 15) is 9.59 Å². The van der Waals surface area contributed by atoms with Gasteiger partial charge in [-0.25, -0.2) is 0 Å². The van der Waals surface area contributed by atoms with Crippen LogP contribution in [-0.2, 0) is 9.59 Å². The van der Waals surface area contributed by atoms with E-state index in [4.69, 9.17) is 4.74 Å². The van der Waals surface area contributed by atoms with Crippen LogP contribution in [0.1, 0.15) is 25.0 Å². The van der Waals surface area contributed by atoms with Crippen molar-refractivity contribution >= 4 is 23.2 Å². The molecule has 0 aromatic heterocycles. The molecule has 5 nitrogen and oxygen atoms in total. The van der Waals surface area contributed by atoms with Crippen LogP contribution in [-0.4, -0.2) is 31.0 Å². The average molecular weight is 352 g/mol. The number of para-hydroxylation sites is 2. The molecule has 0 spiro atoms. The van der Waals surface area contributed by atoms with Gasteiger partial charge in [0.2, 0.25) is 5.91 Å². The summed E-state index contributed by atoms with van der Waals surface area (Å²) in [4.78, 5) is 28.9. The van der Waals surface area contributed by atoms with E-state index < -0.39 is 6.10 Å². The fraction of sp³-hybridized carbons (Fsp3) is 0.333. The molecule has 1 aliphatic rings. The lowest BCUT2D eigenvalue weighted by Gasteiger charge is -2.34. The standard InChI is InChI=1S/C21H24N2O3/c1-5-22(17-11-10-14(2)12-15(17)3)20(24)13-23-18-8-6-7-9-19(18)26-16(4)21(23)25/h6-12,16H,5,13H2,1-4H3. The van der Waals surface area contributed by atoms with Crippen LogP contribution in [0, 0.1) is 13.8 Å². The Labute approximate surface area is 154 Å². The second-order valence-electron chi connectivity index (χ2n) is 6.58. The molecular formula is C21H24N2O3. The van der Waals surface area contributed by atoms with Gasteiger partial charge in [-0.15, -0.1) is 0 Å². The molecule has 5 heteroatoms. The van der Waals surface area contributed by atoms with Crippen molar-refractivity contribution in [1.82, 2.24) is 0 Å². The Balaban J connectivity index is 1.89. The van der Waals surface area contributed by atoms with Gasteiger partial charge in [-0.1, -0.05) is 29.8 Å². The van der Waals surface area contributed by atoms with Gasteiger partial charge in [-0.05, 0) is 51.5 Å². The third-order valence-electron chi connectivity index (χ3n) is 4.63. The van der Waals surface area contributed by atoms with Crippen molar-refractivity contribution in [3.05, 3.63) is 53.6 Å². The van der Waals surface area contributed by atoms with Crippen LogP contribution in [0.2, 0.25) is 0 Å². The molecule has 136 valence electrons. The molecule has 2 aromatic rings. The van der Waals surface area contributed by atoms with Gasteiger partial charge < -0.3 is 9.64 Å². The predicted molar refractivity (Wildman–Crippen MR) is 103 cm³/mol. The molecule has 0 bridgehead atoms. The van der Waals surface area contributed by atoms with Gasteiger partial charge in [0.15, 0.2) is 6.10 Å². The van der Waals surface area contributed by atoms with Gasteiger partial charge in [0.25, 0.3) is 5.91 Å². The van der Waals surface area contributed by atoms with Crippen molar-refractivity contribution in [3.63, 3.8) is 0 Å². The Morgan fingerprint density at radius 2 is 1.92 bits per heavy atom. The Morgan fingerprint density at radius 1 is 1.19 bits per heavy atom. The minimum absolute atomic E-state index is 0.00922. The molecular weight excluding hydrogens is 328 g/mol.